The molecule has 1 unspecified atom stereocenters. The standard InChI is InChI=1S/C16H26O/c1-12-8-13(2)10-14(9-12)11-15(17)6-7-16(3,4)5/h8-10,15,17H,6-7,11H2,1-5H3. The zero-order chi connectivity index (χ0) is 13.1. The monoisotopic (exact) mass is 234 g/mol. The van der Waals surface area contributed by atoms with Gasteiger partial charge < -0.3 is 5.11 Å². The predicted molar refractivity (Wildman–Crippen MR) is 74.3 cm³/mol. The Hall–Kier alpha value is -0.820. The second kappa shape index (κ2) is 5.68. The van der Waals surface area contributed by atoms with Gasteiger partial charge in [0.1, 0.15) is 0 Å². The minimum atomic E-state index is -0.213. The van der Waals surface area contributed by atoms with Crippen molar-refractivity contribution in [2.45, 2.75) is 60.0 Å². The van der Waals surface area contributed by atoms with Crippen molar-refractivity contribution in [2.75, 3.05) is 0 Å². The van der Waals surface area contributed by atoms with E-state index in [0.717, 1.165) is 19.3 Å². The Labute approximate surface area is 106 Å². The molecule has 0 radical (unpaired) electrons. The van der Waals surface area contributed by atoms with E-state index < -0.39 is 0 Å². The van der Waals surface area contributed by atoms with Crippen LogP contribution in [0.15, 0.2) is 18.2 Å². The summed E-state index contributed by atoms with van der Waals surface area (Å²) in [6, 6.07) is 6.52. The Morgan fingerprint density at radius 2 is 1.59 bits per heavy atom. The summed E-state index contributed by atoms with van der Waals surface area (Å²) in [5, 5.41) is 10.0. The first-order chi connectivity index (χ1) is 7.76. The highest BCUT2D eigenvalue weighted by Gasteiger charge is 2.14. The summed E-state index contributed by atoms with van der Waals surface area (Å²) in [5.74, 6) is 0. The molecule has 1 aromatic carbocycles. The van der Waals surface area contributed by atoms with E-state index in [1.807, 2.05) is 0 Å². The first kappa shape index (κ1) is 14.2. The van der Waals surface area contributed by atoms with Crippen molar-refractivity contribution < 1.29 is 5.11 Å². The fourth-order valence-corrected chi connectivity index (χ4v) is 2.16. The van der Waals surface area contributed by atoms with Crippen LogP contribution in [0, 0.1) is 19.3 Å². The van der Waals surface area contributed by atoms with Gasteiger partial charge in [0.25, 0.3) is 0 Å². The molecule has 0 aliphatic rings. The summed E-state index contributed by atoms with van der Waals surface area (Å²) in [7, 11) is 0. The van der Waals surface area contributed by atoms with Crippen LogP contribution < -0.4 is 0 Å². The van der Waals surface area contributed by atoms with Crippen molar-refractivity contribution in [3.05, 3.63) is 34.9 Å². The van der Waals surface area contributed by atoms with Gasteiger partial charge in [-0.25, -0.2) is 0 Å². The maximum Gasteiger partial charge on any atom is 0.0580 e. The lowest BCUT2D eigenvalue weighted by molar-refractivity contribution is 0.146. The number of aliphatic hydroxyl groups excluding tert-OH is 1. The Bertz CT molecular complexity index is 340. The molecule has 1 N–H and O–H groups in total. The molecular weight excluding hydrogens is 208 g/mol. The molecular formula is C16H26O. The minimum Gasteiger partial charge on any atom is -0.393 e. The van der Waals surface area contributed by atoms with Crippen LogP contribution in [0.4, 0.5) is 0 Å². The SMILES string of the molecule is Cc1cc(C)cc(CC(O)CCC(C)(C)C)c1. The van der Waals surface area contributed by atoms with E-state index in [9.17, 15) is 5.11 Å². The Morgan fingerprint density at radius 1 is 1.06 bits per heavy atom. The molecule has 1 aromatic rings. The van der Waals surface area contributed by atoms with Crippen molar-refractivity contribution in [3.8, 4) is 0 Å². The highest BCUT2D eigenvalue weighted by molar-refractivity contribution is 5.28. The first-order valence-corrected chi connectivity index (χ1v) is 6.51. The van der Waals surface area contributed by atoms with Gasteiger partial charge in [-0.05, 0) is 44.1 Å². The summed E-state index contributed by atoms with van der Waals surface area (Å²) in [6.45, 7) is 10.9. The van der Waals surface area contributed by atoms with Crippen LogP contribution in [0.1, 0.15) is 50.3 Å². The molecule has 0 saturated carbocycles. The van der Waals surface area contributed by atoms with Gasteiger partial charge in [-0.3, -0.25) is 0 Å². The van der Waals surface area contributed by atoms with Crippen molar-refractivity contribution in [1.29, 1.82) is 0 Å². The summed E-state index contributed by atoms with van der Waals surface area (Å²) in [6.07, 6.45) is 2.52. The topological polar surface area (TPSA) is 20.2 Å². The Kier molecular flexibility index (Phi) is 4.76. The van der Waals surface area contributed by atoms with E-state index in [0.29, 0.717) is 5.41 Å². The van der Waals surface area contributed by atoms with Gasteiger partial charge in [-0.15, -0.1) is 0 Å². The molecule has 0 spiro atoms. The van der Waals surface area contributed by atoms with E-state index in [4.69, 9.17) is 0 Å². The second-order valence-corrected chi connectivity index (χ2v) is 6.45. The van der Waals surface area contributed by atoms with Gasteiger partial charge in [0.15, 0.2) is 0 Å². The van der Waals surface area contributed by atoms with E-state index in [2.05, 4.69) is 52.8 Å². The number of aryl methyl sites for hydroxylation is 2. The lowest BCUT2D eigenvalue weighted by atomic mass is 9.88. The summed E-state index contributed by atoms with van der Waals surface area (Å²) in [5.41, 5.74) is 4.12. The quantitative estimate of drug-likeness (QED) is 0.834. The average Bonchev–Trinajstić information content (AvgIpc) is 2.11. The summed E-state index contributed by atoms with van der Waals surface area (Å²) < 4.78 is 0. The Morgan fingerprint density at radius 3 is 2.06 bits per heavy atom. The van der Waals surface area contributed by atoms with Crippen LogP contribution in [-0.4, -0.2) is 11.2 Å². The van der Waals surface area contributed by atoms with E-state index in [1.54, 1.807) is 0 Å². The number of hydrogen-bond donors (Lipinski definition) is 1. The molecule has 17 heavy (non-hydrogen) atoms. The molecule has 0 amide bonds. The molecule has 0 fully saturated rings. The highest BCUT2D eigenvalue weighted by atomic mass is 16.3. The van der Waals surface area contributed by atoms with E-state index in [-0.39, 0.29) is 6.10 Å². The van der Waals surface area contributed by atoms with Crippen LogP contribution in [0.2, 0.25) is 0 Å². The number of hydrogen-bond acceptors (Lipinski definition) is 1. The third kappa shape index (κ3) is 5.88. The van der Waals surface area contributed by atoms with Crippen molar-refractivity contribution in [3.63, 3.8) is 0 Å². The van der Waals surface area contributed by atoms with Crippen LogP contribution in [0.5, 0.6) is 0 Å². The summed E-state index contributed by atoms with van der Waals surface area (Å²) >= 11 is 0. The van der Waals surface area contributed by atoms with Crippen LogP contribution in [0.25, 0.3) is 0 Å². The molecule has 0 heterocycles. The molecule has 0 aliphatic heterocycles. The van der Waals surface area contributed by atoms with E-state index >= 15 is 0 Å². The smallest absolute Gasteiger partial charge is 0.0580 e. The molecule has 1 atom stereocenters. The molecule has 0 aromatic heterocycles. The fraction of sp³-hybridized carbons (Fsp3) is 0.625. The van der Waals surface area contributed by atoms with Crippen LogP contribution in [0.3, 0.4) is 0 Å². The number of rotatable bonds is 4. The van der Waals surface area contributed by atoms with Gasteiger partial charge in [-0.2, -0.15) is 0 Å². The molecule has 0 bridgehead atoms. The van der Waals surface area contributed by atoms with Crippen molar-refractivity contribution in [1.82, 2.24) is 0 Å². The summed E-state index contributed by atoms with van der Waals surface area (Å²) in [4.78, 5) is 0. The fourth-order valence-electron chi connectivity index (χ4n) is 2.16. The van der Waals surface area contributed by atoms with Crippen LogP contribution >= 0.6 is 0 Å². The molecule has 96 valence electrons. The highest BCUT2D eigenvalue weighted by Crippen LogP contribution is 2.22. The zero-order valence-corrected chi connectivity index (χ0v) is 11.9. The molecule has 0 saturated heterocycles. The maximum atomic E-state index is 10.0. The van der Waals surface area contributed by atoms with E-state index in [1.165, 1.54) is 16.7 Å². The maximum absolute atomic E-state index is 10.0. The molecule has 1 rings (SSSR count). The molecule has 1 nitrogen and oxygen atoms in total. The van der Waals surface area contributed by atoms with Gasteiger partial charge in [0.2, 0.25) is 0 Å². The zero-order valence-electron chi connectivity index (χ0n) is 11.9. The van der Waals surface area contributed by atoms with Gasteiger partial charge in [0.05, 0.1) is 6.10 Å². The third-order valence-corrected chi connectivity index (χ3v) is 2.98. The second-order valence-electron chi connectivity index (χ2n) is 6.45. The number of benzene rings is 1. The van der Waals surface area contributed by atoms with Gasteiger partial charge in [0, 0.05) is 0 Å². The van der Waals surface area contributed by atoms with Crippen LogP contribution in [-0.2, 0) is 6.42 Å². The first-order valence-electron chi connectivity index (χ1n) is 6.51. The normalized spacial score (nSPS) is 13.8. The minimum absolute atomic E-state index is 0.213. The number of aliphatic hydroxyl groups is 1. The van der Waals surface area contributed by atoms with Gasteiger partial charge in [-0.1, -0.05) is 50.1 Å². The third-order valence-electron chi connectivity index (χ3n) is 2.98. The Balaban J connectivity index is 2.53. The predicted octanol–water partition coefficient (Wildman–Crippen LogP) is 4.03. The largest absolute Gasteiger partial charge is 0.393 e. The van der Waals surface area contributed by atoms with Crippen molar-refractivity contribution >= 4 is 0 Å². The lowest BCUT2D eigenvalue weighted by Crippen LogP contribution is -2.15. The van der Waals surface area contributed by atoms with Crippen molar-refractivity contribution in [2.24, 2.45) is 5.41 Å². The lowest BCUT2D eigenvalue weighted by Gasteiger charge is -2.20. The molecule has 1 heteroatoms. The molecule has 0 aliphatic carbocycles. The van der Waals surface area contributed by atoms with Gasteiger partial charge >= 0.3 is 0 Å². The average molecular weight is 234 g/mol.